The number of nitrogens with one attached hydrogen (secondary N) is 1. The Balaban J connectivity index is 1.68. The number of nitrogens with zero attached hydrogens (tertiary/aromatic N) is 4. The predicted octanol–water partition coefficient (Wildman–Crippen LogP) is 3.47. The van der Waals surface area contributed by atoms with E-state index in [2.05, 4.69) is 20.3 Å². The number of aromatic nitrogens is 3. The Hall–Kier alpha value is -4.33. The highest BCUT2D eigenvalue weighted by atomic mass is 16.5. The lowest BCUT2D eigenvalue weighted by atomic mass is 10.1. The molecule has 2 aromatic heterocycles. The van der Waals surface area contributed by atoms with Crippen LogP contribution in [0.2, 0.25) is 0 Å². The van der Waals surface area contributed by atoms with Crippen LogP contribution in [-0.2, 0) is 0 Å². The molecule has 0 radical (unpaired) electrons. The lowest BCUT2D eigenvalue weighted by molar-refractivity contribution is 0.0821. The van der Waals surface area contributed by atoms with Crippen molar-refractivity contribution in [1.29, 1.82) is 0 Å². The first-order valence-corrected chi connectivity index (χ1v) is 9.21. The Labute approximate surface area is 170 Å². The van der Waals surface area contributed by atoms with Crippen LogP contribution in [0.15, 0.2) is 72.1 Å². The number of benzene rings is 2. The zero-order chi connectivity index (χ0) is 20.5. The molecule has 1 N–H and O–H groups in total. The second-order valence-corrected chi connectivity index (χ2v) is 6.62. The van der Waals surface area contributed by atoms with E-state index in [9.17, 15) is 9.59 Å². The summed E-state index contributed by atoms with van der Waals surface area (Å²) in [5, 5.41) is 4.02. The maximum Gasteiger partial charge on any atom is 0.294 e. The standard InChI is InChI=1S/C22H15N5O3/c28-20-12-30-15-7-8-18-16(10-15)21(25-13-24-18)26-17-5-2-1-4-14(17)11-23-22(29)19-6-3-9-27(19)20/h1-11,13H,12H2,(H,24,25,26)/b23-11-. The van der Waals surface area contributed by atoms with Gasteiger partial charge in [0.2, 0.25) is 0 Å². The van der Waals surface area contributed by atoms with Gasteiger partial charge in [-0.1, -0.05) is 18.2 Å². The van der Waals surface area contributed by atoms with Gasteiger partial charge in [0, 0.05) is 29.0 Å². The van der Waals surface area contributed by atoms with E-state index < -0.39 is 5.91 Å². The molecule has 0 saturated heterocycles. The summed E-state index contributed by atoms with van der Waals surface area (Å²) >= 11 is 0. The van der Waals surface area contributed by atoms with E-state index in [-0.39, 0.29) is 18.2 Å². The second kappa shape index (κ2) is 7.25. The van der Waals surface area contributed by atoms with Crippen molar-refractivity contribution in [3.05, 3.63) is 78.4 Å². The fourth-order valence-corrected chi connectivity index (χ4v) is 3.26. The molecule has 5 rings (SSSR count). The summed E-state index contributed by atoms with van der Waals surface area (Å²) in [7, 11) is 0. The highest BCUT2D eigenvalue weighted by molar-refractivity contribution is 6.05. The molecule has 1 aliphatic rings. The van der Waals surface area contributed by atoms with Crippen molar-refractivity contribution in [2.45, 2.75) is 0 Å². The minimum atomic E-state index is -0.525. The molecule has 2 bridgehead atoms. The van der Waals surface area contributed by atoms with Crippen LogP contribution in [0.1, 0.15) is 20.8 Å². The molecule has 0 atom stereocenters. The van der Waals surface area contributed by atoms with Crippen LogP contribution in [0.5, 0.6) is 5.75 Å². The van der Waals surface area contributed by atoms with Gasteiger partial charge < -0.3 is 10.1 Å². The number of carbonyl (C=O) groups excluding carboxylic acids is 2. The Kier molecular flexibility index (Phi) is 4.29. The van der Waals surface area contributed by atoms with Crippen molar-refractivity contribution < 1.29 is 14.3 Å². The molecule has 0 aliphatic carbocycles. The molecule has 0 unspecified atom stereocenters. The van der Waals surface area contributed by atoms with Gasteiger partial charge in [0.1, 0.15) is 23.6 Å². The third-order valence-electron chi connectivity index (χ3n) is 4.74. The lowest BCUT2D eigenvalue weighted by Crippen LogP contribution is -2.22. The Morgan fingerprint density at radius 1 is 1.00 bits per heavy atom. The van der Waals surface area contributed by atoms with Gasteiger partial charge in [0.25, 0.3) is 11.8 Å². The first-order valence-electron chi connectivity index (χ1n) is 9.21. The maximum absolute atomic E-state index is 12.6. The average Bonchev–Trinajstić information content (AvgIpc) is 3.26. The van der Waals surface area contributed by atoms with Crippen molar-refractivity contribution in [2.24, 2.45) is 4.99 Å². The van der Waals surface area contributed by atoms with E-state index in [1.54, 1.807) is 30.3 Å². The van der Waals surface area contributed by atoms with Gasteiger partial charge in [0.05, 0.1) is 5.52 Å². The minimum absolute atomic E-state index is 0.171. The number of ether oxygens (including phenoxy) is 1. The number of amides is 1. The van der Waals surface area contributed by atoms with Gasteiger partial charge in [-0.3, -0.25) is 14.2 Å². The summed E-state index contributed by atoms with van der Waals surface area (Å²) in [4.78, 5) is 37.9. The maximum atomic E-state index is 12.6. The number of carbonyl (C=O) groups is 2. The quantitative estimate of drug-likeness (QED) is 0.488. The van der Waals surface area contributed by atoms with E-state index in [4.69, 9.17) is 4.74 Å². The van der Waals surface area contributed by atoms with Crippen LogP contribution in [0.25, 0.3) is 10.9 Å². The van der Waals surface area contributed by atoms with Gasteiger partial charge in [0.15, 0.2) is 6.61 Å². The zero-order valence-corrected chi connectivity index (χ0v) is 15.6. The summed E-state index contributed by atoms with van der Waals surface area (Å²) < 4.78 is 6.93. The first kappa shape index (κ1) is 17.7. The van der Waals surface area contributed by atoms with Crippen LogP contribution in [0, 0.1) is 0 Å². The van der Waals surface area contributed by atoms with Crippen molar-refractivity contribution in [3.8, 4) is 5.75 Å². The summed E-state index contributed by atoms with van der Waals surface area (Å²) in [6.45, 7) is -0.235. The van der Waals surface area contributed by atoms with E-state index in [1.165, 1.54) is 23.3 Å². The number of hydrogen-bond acceptors (Lipinski definition) is 6. The molecule has 0 fully saturated rings. The number of hydrogen-bond donors (Lipinski definition) is 1. The molecule has 8 nitrogen and oxygen atoms in total. The lowest BCUT2D eigenvalue weighted by Gasteiger charge is -2.12. The molecule has 2 aromatic carbocycles. The molecule has 0 saturated carbocycles. The summed E-state index contributed by atoms with van der Waals surface area (Å²) in [6, 6.07) is 15.9. The first-order chi connectivity index (χ1) is 14.7. The van der Waals surface area contributed by atoms with Gasteiger partial charge in [-0.2, -0.15) is 0 Å². The number of rotatable bonds is 0. The number of fused-ring (bicyclic) bond motifs is 3. The molecule has 8 heteroatoms. The largest absolute Gasteiger partial charge is 0.484 e. The van der Waals surface area contributed by atoms with E-state index >= 15 is 0 Å². The SMILES string of the molecule is O=C1/N=C\c2ccccc2Nc2ncnc3ccc(cc23)OCC(=O)n2cccc21. The number of para-hydroxylation sites is 1. The van der Waals surface area contributed by atoms with Crippen molar-refractivity contribution in [3.63, 3.8) is 0 Å². The topological polar surface area (TPSA) is 98.5 Å². The van der Waals surface area contributed by atoms with Crippen LogP contribution < -0.4 is 10.1 Å². The van der Waals surface area contributed by atoms with E-state index in [1.807, 2.05) is 24.3 Å². The Morgan fingerprint density at radius 2 is 1.90 bits per heavy atom. The molecule has 30 heavy (non-hydrogen) atoms. The van der Waals surface area contributed by atoms with Crippen LogP contribution in [-0.4, -0.2) is 39.2 Å². The normalized spacial score (nSPS) is 14.8. The molecular formula is C22H15N5O3. The third-order valence-corrected chi connectivity index (χ3v) is 4.74. The van der Waals surface area contributed by atoms with E-state index in [0.29, 0.717) is 17.1 Å². The average molecular weight is 397 g/mol. The van der Waals surface area contributed by atoms with Gasteiger partial charge in [-0.15, -0.1) is 0 Å². The monoisotopic (exact) mass is 397 g/mol. The summed E-state index contributed by atoms with van der Waals surface area (Å²) in [5.41, 5.74) is 2.32. The van der Waals surface area contributed by atoms with Gasteiger partial charge in [-0.05, 0) is 36.4 Å². The van der Waals surface area contributed by atoms with Crippen molar-refractivity contribution in [2.75, 3.05) is 11.9 Å². The molecular weight excluding hydrogens is 382 g/mol. The molecule has 3 heterocycles. The smallest absolute Gasteiger partial charge is 0.294 e. The third kappa shape index (κ3) is 3.20. The zero-order valence-electron chi connectivity index (χ0n) is 15.6. The summed E-state index contributed by atoms with van der Waals surface area (Å²) in [5.74, 6) is 0.165. The highest BCUT2D eigenvalue weighted by Gasteiger charge is 2.16. The molecule has 0 spiro atoms. The molecule has 1 amide bonds. The minimum Gasteiger partial charge on any atom is -0.484 e. The molecule has 4 aromatic rings. The van der Waals surface area contributed by atoms with Crippen molar-refractivity contribution >= 4 is 40.4 Å². The highest BCUT2D eigenvalue weighted by Crippen LogP contribution is 2.28. The fourth-order valence-electron chi connectivity index (χ4n) is 3.26. The second-order valence-electron chi connectivity index (χ2n) is 6.62. The predicted molar refractivity (Wildman–Crippen MR) is 112 cm³/mol. The fraction of sp³-hybridized carbons (Fsp3) is 0.0455. The number of aliphatic imine (C=N–C) groups is 1. The van der Waals surface area contributed by atoms with Crippen LogP contribution in [0.4, 0.5) is 11.5 Å². The molecule has 1 aliphatic heterocycles. The van der Waals surface area contributed by atoms with Crippen LogP contribution in [0.3, 0.4) is 0 Å². The van der Waals surface area contributed by atoms with Crippen molar-refractivity contribution in [1.82, 2.24) is 14.5 Å². The Bertz CT molecular complexity index is 1330. The van der Waals surface area contributed by atoms with Crippen LogP contribution >= 0.6 is 0 Å². The molecule has 146 valence electrons. The Morgan fingerprint density at radius 3 is 2.83 bits per heavy atom. The van der Waals surface area contributed by atoms with E-state index in [0.717, 1.165) is 16.6 Å². The summed E-state index contributed by atoms with van der Waals surface area (Å²) in [6.07, 6.45) is 4.46. The van der Waals surface area contributed by atoms with Gasteiger partial charge in [-0.25, -0.2) is 15.0 Å². The number of anilines is 2. The van der Waals surface area contributed by atoms with Gasteiger partial charge >= 0.3 is 0 Å².